The molecule has 0 aromatic rings. The van der Waals surface area contributed by atoms with Crippen LogP contribution in [0.15, 0.2) is 0 Å². The molecule has 1 aliphatic heterocycles. The highest BCUT2D eigenvalue weighted by Gasteiger charge is 2.37. The van der Waals surface area contributed by atoms with E-state index in [1.54, 1.807) is 0 Å². The summed E-state index contributed by atoms with van der Waals surface area (Å²) in [6, 6.07) is 2.50. The van der Waals surface area contributed by atoms with Crippen molar-refractivity contribution in [2.24, 2.45) is 0 Å². The minimum absolute atomic E-state index is 0.0165. The molecule has 0 amide bonds. The summed E-state index contributed by atoms with van der Waals surface area (Å²) in [7, 11) is 0. The molecule has 0 unspecified atom stereocenters. The maximum absolute atomic E-state index is 9.39. The number of nitrogens with zero attached hydrogens (tertiary/aromatic N) is 2. The minimum Gasteiger partial charge on any atom is -0.303 e. The van der Waals surface area contributed by atoms with Crippen LogP contribution in [-0.4, -0.2) is 35.6 Å². The fraction of sp³-hybridized carbons (Fsp3) is 0.923. The van der Waals surface area contributed by atoms with Crippen LogP contribution >= 0.6 is 0 Å². The number of likely N-dealkylation sites (tertiary alicyclic amines) is 1. The Morgan fingerprint density at radius 3 is 2.25 bits per heavy atom. The van der Waals surface area contributed by atoms with E-state index in [0.717, 1.165) is 32.5 Å². The predicted octanol–water partition coefficient (Wildman–Crippen LogP) is 2.14. The fourth-order valence-corrected chi connectivity index (χ4v) is 2.46. The van der Waals surface area contributed by atoms with Crippen molar-refractivity contribution in [2.45, 2.75) is 58.0 Å². The molecule has 0 bridgehead atoms. The van der Waals surface area contributed by atoms with E-state index in [1.165, 1.54) is 6.42 Å². The SMILES string of the molecule is CCCN1CCC(C#N)(NC(C)(C)C)CC1. The molecule has 0 spiro atoms. The van der Waals surface area contributed by atoms with Crippen LogP contribution in [0.1, 0.15) is 47.0 Å². The van der Waals surface area contributed by atoms with Crippen molar-refractivity contribution < 1.29 is 0 Å². The van der Waals surface area contributed by atoms with Gasteiger partial charge in [0.25, 0.3) is 0 Å². The van der Waals surface area contributed by atoms with E-state index in [9.17, 15) is 5.26 Å². The molecule has 1 fully saturated rings. The maximum Gasteiger partial charge on any atom is 0.109 e. The van der Waals surface area contributed by atoms with E-state index in [0.29, 0.717) is 0 Å². The third-order valence-corrected chi connectivity index (χ3v) is 3.08. The van der Waals surface area contributed by atoms with Gasteiger partial charge in [0, 0.05) is 18.6 Å². The molecule has 3 heteroatoms. The van der Waals surface area contributed by atoms with Crippen LogP contribution in [0.3, 0.4) is 0 Å². The summed E-state index contributed by atoms with van der Waals surface area (Å²) in [4.78, 5) is 2.46. The zero-order chi connectivity index (χ0) is 12.2. The zero-order valence-corrected chi connectivity index (χ0v) is 11.1. The first-order valence-electron chi connectivity index (χ1n) is 6.34. The Kier molecular flexibility index (Phi) is 4.35. The average molecular weight is 223 g/mol. The molecule has 1 aliphatic rings. The lowest BCUT2D eigenvalue weighted by Gasteiger charge is -2.41. The first kappa shape index (κ1) is 13.5. The standard InChI is InChI=1S/C13H25N3/c1-5-8-16-9-6-13(11-14,7-10-16)15-12(2,3)4/h15H,5-10H2,1-4H3. The summed E-state index contributed by atoms with van der Waals surface area (Å²) in [6.07, 6.45) is 3.09. The first-order chi connectivity index (χ1) is 7.41. The summed E-state index contributed by atoms with van der Waals surface area (Å²) in [5.41, 5.74) is -0.287. The number of hydrogen-bond donors (Lipinski definition) is 1. The van der Waals surface area contributed by atoms with Crippen LogP contribution in [0.25, 0.3) is 0 Å². The molecule has 1 N–H and O–H groups in total. The van der Waals surface area contributed by atoms with Gasteiger partial charge in [0.05, 0.1) is 6.07 Å². The van der Waals surface area contributed by atoms with Crippen LogP contribution in [0.2, 0.25) is 0 Å². The number of hydrogen-bond acceptors (Lipinski definition) is 3. The number of nitrogens with one attached hydrogen (secondary N) is 1. The lowest BCUT2D eigenvalue weighted by molar-refractivity contribution is 0.146. The molecule has 1 rings (SSSR count). The molecule has 92 valence electrons. The molecule has 0 aromatic heterocycles. The molecule has 0 radical (unpaired) electrons. The van der Waals surface area contributed by atoms with Gasteiger partial charge >= 0.3 is 0 Å². The zero-order valence-electron chi connectivity index (χ0n) is 11.1. The number of piperidine rings is 1. The van der Waals surface area contributed by atoms with E-state index in [2.05, 4.69) is 44.0 Å². The molecule has 16 heavy (non-hydrogen) atoms. The van der Waals surface area contributed by atoms with Gasteiger partial charge < -0.3 is 4.90 Å². The van der Waals surface area contributed by atoms with Crippen molar-refractivity contribution in [3.63, 3.8) is 0 Å². The summed E-state index contributed by atoms with van der Waals surface area (Å²) < 4.78 is 0. The Balaban J connectivity index is 2.56. The second kappa shape index (κ2) is 5.16. The first-order valence-corrected chi connectivity index (χ1v) is 6.34. The third kappa shape index (κ3) is 3.77. The van der Waals surface area contributed by atoms with E-state index in [1.807, 2.05) is 0 Å². The topological polar surface area (TPSA) is 39.1 Å². The van der Waals surface area contributed by atoms with Gasteiger partial charge in [-0.25, -0.2) is 0 Å². The Morgan fingerprint density at radius 2 is 1.88 bits per heavy atom. The molecule has 1 heterocycles. The van der Waals surface area contributed by atoms with Gasteiger partial charge in [-0.2, -0.15) is 5.26 Å². The van der Waals surface area contributed by atoms with Crippen molar-refractivity contribution in [3.05, 3.63) is 0 Å². The Morgan fingerprint density at radius 1 is 1.31 bits per heavy atom. The lowest BCUT2D eigenvalue weighted by atomic mass is 9.86. The highest BCUT2D eigenvalue weighted by atomic mass is 15.2. The molecule has 0 atom stereocenters. The monoisotopic (exact) mass is 223 g/mol. The van der Waals surface area contributed by atoms with E-state index in [4.69, 9.17) is 0 Å². The number of rotatable bonds is 3. The normalized spacial score (nSPS) is 21.7. The lowest BCUT2D eigenvalue weighted by Crippen LogP contribution is -2.58. The fourth-order valence-electron chi connectivity index (χ4n) is 2.46. The van der Waals surface area contributed by atoms with Crippen LogP contribution in [0.5, 0.6) is 0 Å². The highest BCUT2D eigenvalue weighted by Crippen LogP contribution is 2.24. The second-order valence-electron chi connectivity index (χ2n) is 5.91. The molecular formula is C13H25N3. The van der Waals surface area contributed by atoms with E-state index < -0.39 is 0 Å². The van der Waals surface area contributed by atoms with Crippen molar-refractivity contribution in [2.75, 3.05) is 19.6 Å². The van der Waals surface area contributed by atoms with Crippen molar-refractivity contribution in [1.29, 1.82) is 5.26 Å². The predicted molar refractivity (Wildman–Crippen MR) is 67.2 cm³/mol. The van der Waals surface area contributed by atoms with Crippen LogP contribution in [0.4, 0.5) is 0 Å². The van der Waals surface area contributed by atoms with Crippen LogP contribution in [0, 0.1) is 11.3 Å². The van der Waals surface area contributed by atoms with Crippen LogP contribution < -0.4 is 5.32 Å². The Hall–Kier alpha value is -0.590. The maximum atomic E-state index is 9.39. The molecular weight excluding hydrogens is 198 g/mol. The molecule has 3 nitrogen and oxygen atoms in total. The molecule has 0 aliphatic carbocycles. The van der Waals surface area contributed by atoms with E-state index >= 15 is 0 Å². The van der Waals surface area contributed by atoms with Crippen molar-refractivity contribution in [1.82, 2.24) is 10.2 Å². The second-order valence-corrected chi connectivity index (χ2v) is 5.91. The van der Waals surface area contributed by atoms with Gasteiger partial charge in [-0.3, -0.25) is 5.32 Å². The van der Waals surface area contributed by atoms with Gasteiger partial charge in [-0.05, 0) is 46.6 Å². The van der Waals surface area contributed by atoms with Gasteiger partial charge in [0.15, 0.2) is 0 Å². The minimum atomic E-state index is -0.303. The summed E-state index contributed by atoms with van der Waals surface area (Å²) in [6.45, 7) is 11.9. The quantitative estimate of drug-likeness (QED) is 0.797. The molecule has 1 saturated heterocycles. The highest BCUT2D eigenvalue weighted by molar-refractivity contribution is 5.11. The molecule has 0 saturated carbocycles. The van der Waals surface area contributed by atoms with Gasteiger partial charge in [0.2, 0.25) is 0 Å². The van der Waals surface area contributed by atoms with Gasteiger partial charge in [-0.1, -0.05) is 6.92 Å². The summed E-state index contributed by atoms with van der Waals surface area (Å²) >= 11 is 0. The third-order valence-electron chi connectivity index (χ3n) is 3.08. The average Bonchev–Trinajstić information content (AvgIpc) is 2.19. The Bertz CT molecular complexity index is 251. The van der Waals surface area contributed by atoms with Gasteiger partial charge in [0.1, 0.15) is 5.54 Å². The Labute approximate surface area is 99.8 Å². The van der Waals surface area contributed by atoms with Crippen molar-refractivity contribution in [3.8, 4) is 6.07 Å². The van der Waals surface area contributed by atoms with Crippen LogP contribution in [-0.2, 0) is 0 Å². The smallest absolute Gasteiger partial charge is 0.109 e. The van der Waals surface area contributed by atoms with Crippen molar-refractivity contribution >= 4 is 0 Å². The number of nitriles is 1. The molecule has 0 aromatic carbocycles. The summed E-state index contributed by atoms with van der Waals surface area (Å²) in [5, 5.41) is 12.9. The summed E-state index contributed by atoms with van der Waals surface area (Å²) in [5.74, 6) is 0. The largest absolute Gasteiger partial charge is 0.303 e. The van der Waals surface area contributed by atoms with Gasteiger partial charge in [-0.15, -0.1) is 0 Å². The van der Waals surface area contributed by atoms with E-state index in [-0.39, 0.29) is 11.1 Å².